The van der Waals surface area contributed by atoms with Crippen molar-refractivity contribution in [1.29, 1.82) is 0 Å². The van der Waals surface area contributed by atoms with Gasteiger partial charge in [-0.05, 0) is 0 Å². The van der Waals surface area contributed by atoms with Crippen molar-refractivity contribution in [2.75, 3.05) is 14.2 Å². The van der Waals surface area contributed by atoms with Crippen LogP contribution in [0.1, 0.15) is 20.8 Å². The van der Waals surface area contributed by atoms with Crippen molar-refractivity contribution in [1.82, 2.24) is 0 Å². The molecular formula is C10H16O4. The SMILES string of the molecule is COC1=C(OC)C(C(C)(C)C)OC1=O. The Morgan fingerprint density at radius 1 is 1.21 bits per heavy atom. The summed E-state index contributed by atoms with van der Waals surface area (Å²) < 4.78 is 15.2. The largest absolute Gasteiger partial charge is 0.493 e. The van der Waals surface area contributed by atoms with Crippen molar-refractivity contribution in [2.45, 2.75) is 26.9 Å². The number of esters is 1. The van der Waals surface area contributed by atoms with Crippen LogP contribution in [-0.2, 0) is 19.0 Å². The lowest BCUT2D eigenvalue weighted by atomic mass is 9.88. The Hall–Kier alpha value is -1.19. The zero-order valence-corrected chi connectivity index (χ0v) is 9.21. The van der Waals surface area contributed by atoms with Gasteiger partial charge in [0.15, 0.2) is 11.9 Å². The van der Waals surface area contributed by atoms with Gasteiger partial charge in [-0.15, -0.1) is 0 Å². The van der Waals surface area contributed by atoms with Gasteiger partial charge in [-0.1, -0.05) is 20.8 Å². The summed E-state index contributed by atoms with van der Waals surface area (Å²) in [6, 6.07) is 0. The van der Waals surface area contributed by atoms with Crippen molar-refractivity contribution >= 4 is 5.97 Å². The molecule has 0 N–H and O–H groups in total. The van der Waals surface area contributed by atoms with Gasteiger partial charge in [-0.25, -0.2) is 4.79 Å². The molecule has 0 aromatic rings. The Kier molecular flexibility index (Phi) is 2.73. The van der Waals surface area contributed by atoms with Crippen LogP contribution in [0.2, 0.25) is 0 Å². The zero-order chi connectivity index (χ0) is 10.9. The molecule has 4 nitrogen and oxygen atoms in total. The molecule has 4 heteroatoms. The molecule has 80 valence electrons. The van der Waals surface area contributed by atoms with Gasteiger partial charge in [-0.3, -0.25) is 0 Å². The first kappa shape index (κ1) is 10.9. The van der Waals surface area contributed by atoms with Gasteiger partial charge in [0.1, 0.15) is 0 Å². The Balaban J connectivity index is 3.05. The van der Waals surface area contributed by atoms with Crippen molar-refractivity contribution in [3.05, 3.63) is 11.5 Å². The minimum atomic E-state index is -0.454. The smallest absolute Gasteiger partial charge is 0.378 e. The van der Waals surface area contributed by atoms with E-state index in [-0.39, 0.29) is 17.3 Å². The lowest BCUT2D eigenvalue weighted by Gasteiger charge is -2.26. The molecule has 0 amide bonds. The molecule has 0 aromatic heterocycles. The third-order valence-electron chi connectivity index (χ3n) is 2.08. The second-order valence-corrected chi connectivity index (χ2v) is 4.25. The van der Waals surface area contributed by atoms with Gasteiger partial charge >= 0.3 is 5.97 Å². The number of ether oxygens (including phenoxy) is 3. The molecule has 1 aliphatic heterocycles. The monoisotopic (exact) mass is 200 g/mol. The predicted octanol–water partition coefficient (Wildman–Crippen LogP) is 1.46. The highest BCUT2D eigenvalue weighted by molar-refractivity contribution is 5.89. The molecule has 0 aromatic carbocycles. The highest BCUT2D eigenvalue weighted by atomic mass is 16.6. The predicted molar refractivity (Wildman–Crippen MR) is 50.4 cm³/mol. The zero-order valence-electron chi connectivity index (χ0n) is 9.21. The first-order valence-electron chi connectivity index (χ1n) is 4.45. The number of cyclic esters (lactones) is 1. The molecule has 0 fully saturated rings. The lowest BCUT2D eigenvalue weighted by molar-refractivity contribution is -0.146. The normalized spacial score (nSPS) is 22.4. The molecule has 0 spiro atoms. The summed E-state index contributed by atoms with van der Waals surface area (Å²) in [7, 11) is 2.94. The molecule has 1 atom stereocenters. The van der Waals surface area contributed by atoms with Gasteiger partial charge in [0.2, 0.25) is 5.76 Å². The molecule has 0 aliphatic carbocycles. The number of rotatable bonds is 2. The molecular weight excluding hydrogens is 184 g/mol. The molecule has 0 radical (unpaired) electrons. The van der Waals surface area contributed by atoms with Gasteiger partial charge in [0, 0.05) is 5.41 Å². The van der Waals surface area contributed by atoms with E-state index in [1.54, 1.807) is 0 Å². The van der Waals surface area contributed by atoms with Crippen molar-refractivity contribution in [3.63, 3.8) is 0 Å². The van der Waals surface area contributed by atoms with Crippen molar-refractivity contribution in [3.8, 4) is 0 Å². The van der Waals surface area contributed by atoms with Crippen LogP contribution < -0.4 is 0 Å². The van der Waals surface area contributed by atoms with E-state index < -0.39 is 5.97 Å². The molecule has 14 heavy (non-hydrogen) atoms. The van der Waals surface area contributed by atoms with Crippen molar-refractivity contribution in [2.24, 2.45) is 5.41 Å². The van der Waals surface area contributed by atoms with Crippen LogP contribution >= 0.6 is 0 Å². The van der Waals surface area contributed by atoms with Gasteiger partial charge in [-0.2, -0.15) is 0 Å². The van der Waals surface area contributed by atoms with Gasteiger partial charge in [0.05, 0.1) is 14.2 Å². The summed E-state index contributed by atoms with van der Waals surface area (Å²) >= 11 is 0. The Morgan fingerprint density at radius 2 is 1.79 bits per heavy atom. The quantitative estimate of drug-likeness (QED) is 0.633. The number of carbonyl (C=O) groups is 1. The van der Waals surface area contributed by atoms with Crippen LogP contribution in [0.4, 0.5) is 0 Å². The third-order valence-corrected chi connectivity index (χ3v) is 2.08. The first-order valence-corrected chi connectivity index (χ1v) is 4.45. The van der Waals surface area contributed by atoms with E-state index in [2.05, 4.69) is 0 Å². The standard InChI is InChI=1S/C10H16O4/c1-10(2,3)8-6(12-4)7(13-5)9(11)14-8/h8H,1-5H3. The van der Waals surface area contributed by atoms with Crippen LogP contribution in [0.3, 0.4) is 0 Å². The Bertz CT molecular complexity index is 272. The minimum Gasteiger partial charge on any atom is -0.493 e. The molecule has 0 saturated carbocycles. The van der Waals surface area contributed by atoms with Gasteiger partial charge in [0.25, 0.3) is 0 Å². The van der Waals surface area contributed by atoms with Crippen LogP contribution in [0.5, 0.6) is 0 Å². The Morgan fingerprint density at radius 3 is 2.14 bits per heavy atom. The fourth-order valence-corrected chi connectivity index (χ4v) is 1.39. The second kappa shape index (κ2) is 3.52. The summed E-state index contributed by atoms with van der Waals surface area (Å²) in [5.74, 6) is 0.196. The summed E-state index contributed by atoms with van der Waals surface area (Å²) in [6.45, 7) is 5.92. The summed E-state index contributed by atoms with van der Waals surface area (Å²) in [4.78, 5) is 11.3. The highest BCUT2D eigenvalue weighted by Gasteiger charge is 2.43. The number of hydrogen-bond acceptors (Lipinski definition) is 4. The van der Waals surface area contributed by atoms with Gasteiger partial charge < -0.3 is 14.2 Å². The minimum absolute atomic E-state index is 0.174. The van der Waals surface area contributed by atoms with E-state index in [4.69, 9.17) is 14.2 Å². The number of hydrogen-bond donors (Lipinski definition) is 0. The van der Waals surface area contributed by atoms with E-state index in [1.807, 2.05) is 20.8 Å². The maximum absolute atomic E-state index is 11.3. The average Bonchev–Trinajstić information content (AvgIpc) is 2.40. The third kappa shape index (κ3) is 1.69. The van der Waals surface area contributed by atoms with Crippen LogP contribution in [0, 0.1) is 5.41 Å². The highest BCUT2D eigenvalue weighted by Crippen LogP contribution is 2.35. The summed E-state index contributed by atoms with van der Waals surface area (Å²) in [5.41, 5.74) is -0.193. The maximum atomic E-state index is 11.3. The van der Waals surface area contributed by atoms with Crippen LogP contribution in [-0.4, -0.2) is 26.3 Å². The van der Waals surface area contributed by atoms with E-state index in [9.17, 15) is 4.79 Å². The number of carbonyl (C=O) groups excluding carboxylic acids is 1. The first-order chi connectivity index (χ1) is 6.41. The second-order valence-electron chi connectivity index (χ2n) is 4.25. The molecule has 0 bridgehead atoms. The van der Waals surface area contributed by atoms with E-state index in [0.717, 1.165) is 0 Å². The van der Waals surface area contributed by atoms with Crippen LogP contribution in [0.25, 0.3) is 0 Å². The van der Waals surface area contributed by atoms with E-state index in [0.29, 0.717) is 5.76 Å². The molecule has 1 rings (SSSR count). The van der Waals surface area contributed by atoms with Crippen molar-refractivity contribution < 1.29 is 19.0 Å². The number of methoxy groups -OCH3 is 2. The molecule has 1 aliphatic rings. The maximum Gasteiger partial charge on any atom is 0.378 e. The van der Waals surface area contributed by atoms with E-state index >= 15 is 0 Å². The van der Waals surface area contributed by atoms with E-state index in [1.165, 1.54) is 14.2 Å². The lowest BCUT2D eigenvalue weighted by Crippen LogP contribution is -2.29. The summed E-state index contributed by atoms with van der Waals surface area (Å²) in [6.07, 6.45) is -0.366. The molecule has 0 saturated heterocycles. The fraction of sp³-hybridized carbons (Fsp3) is 0.700. The molecule has 1 unspecified atom stereocenters. The van der Waals surface area contributed by atoms with Crippen LogP contribution in [0.15, 0.2) is 11.5 Å². The summed E-state index contributed by atoms with van der Waals surface area (Å²) in [5, 5.41) is 0. The Labute approximate surface area is 83.8 Å². The average molecular weight is 200 g/mol. The molecule has 1 heterocycles. The topological polar surface area (TPSA) is 44.8 Å². The fourth-order valence-electron chi connectivity index (χ4n) is 1.39.